The van der Waals surface area contributed by atoms with E-state index in [9.17, 15) is 23.9 Å². The van der Waals surface area contributed by atoms with Gasteiger partial charge in [0.1, 0.15) is 11.9 Å². The monoisotopic (exact) mass is 605 g/mol. The van der Waals surface area contributed by atoms with Crippen LogP contribution in [0.15, 0.2) is 66.7 Å². The Kier molecular flexibility index (Phi) is 10.7. The molecule has 0 saturated heterocycles. The Bertz CT molecular complexity index is 1480. The van der Waals surface area contributed by atoms with E-state index in [2.05, 4.69) is 16.0 Å². The zero-order valence-corrected chi connectivity index (χ0v) is 25.0. The fourth-order valence-electron chi connectivity index (χ4n) is 5.31. The number of halogens is 1. The van der Waals surface area contributed by atoms with Crippen molar-refractivity contribution in [1.82, 2.24) is 20.9 Å². The van der Waals surface area contributed by atoms with Crippen molar-refractivity contribution in [2.75, 3.05) is 13.2 Å². The first kappa shape index (κ1) is 32.6. The molecule has 44 heavy (non-hydrogen) atoms. The maximum Gasteiger partial charge on any atom is 0.312 e. The number of aliphatic hydroxyl groups excluding tert-OH is 2. The Hall–Kier alpha value is -4.32. The van der Waals surface area contributed by atoms with Gasteiger partial charge in [-0.3, -0.25) is 9.59 Å². The van der Waals surface area contributed by atoms with Gasteiger partial charge in [-0.05, 0) is 59.4 Å². The molecule has 1 heterocycles. The van der Waals surface area contributed by atoms with Gasteiger partial charge in [0.25, 0.3) is 0 Å². The zero-order chi connectivity index (χ0) is 31.9. The first-order valence-corrected chi connectivity index (χ1v) is 14.5. The summed E-state index contributed by atoms with van der Waals surface area (Å²) in [5.74, 6) is -1.05. The van der Waals surface area contributed by atoms with E-state index in [1.165, 1.54) is 12.1 Å². The van der Waals surface area contributed by atoms with Crippen molar-refractivity contribution in [3.63, 3.8) is 0 Å². The number of rotatable bonds is 12. The molecule has 3 aromatic carbocycles. The van der Waals surface area contributed by atoms with E-state index in [4.69, 9.17) is 10.8 Å². The van der Waals surface area contributed by atoms with Crippen LogP contribution in [-0.2, 0) is 35.6 Å². The normalized spacial score (nSPS) is 15.7. The summed E-state index contributed by atoms with van der Waals surface area (Å²) in [5, 5.41) is 27.3. The predicted molar refractivity (Wildman–Crippen MR) is 164 cm³/mol. The molecule has 4 amide bonds. The molecule has 234 valence electrons. The fraction of sp³-hybridized carbons (Fsp3) is 0.364. The second kappa shape index (κ2) is 14.4. The Labute approximate surface area is 256 Å². The van der Waals surface area contributed by atoms with Gasteiger partial charge >= 0.3 is 6.03 Å². The fourth-order valence-corrected chi connectivity index (χ4v) is 5.31. The quantitative estimate of drug-likeness (QED) is 0.186. The summed E-state index contributed by atoms with van der Waals surface area (Å²) < 4.78 is 14.2. The topological polar surface area (TPSA) is 157 Å². The van der Waals surface area contributed by atoms with Crippen molar-refractivity contribution in [1.29, 1.82) is 0 Å². The summed E-state index contributed by atoms with van der Waals surface area (Å²) >= 11 is 0. The van der Waals surface area contributed by atoms with Gasteiger partial charge in [-0.25, -0.2) is 9.18 Å². The van der Waals surface area contributed by atoms with Crippen molar-refractivity contribution < 1.29 is 29.0 Å². The van der Waals surface area contributed by atoms with E-state index in [0.29, 0.717) is 12.1 Å². The number of nitrogens with one attached hydrogen (secondary N) is 3. The molecule has 4 rings (SSSR count). The van der Waals surface area contributed by atoms with Crippen molar-refractivity contribution in [2.24, 2.45) is 5.73 Å². The second-order valence-electron chi connectivity index (χ2n) is 11.8. The van der Waals surface area contributed by atoms with Gasteiger partial charge in [0.05, 0.1) is 12.7 Å². The molecule has 2 atom stereocenters. The summed E-state index contributed by atoms with van der Waals surface area (Å²) in [5.41, 5.74) is 9.66. The largest absolute Gasteiger partial charge is 0.394 e. The number of fused-ring (bicyclic) bond motifs is 1. The maximum atomic E-state index is 14.2. The molecule has 3 aromatic rings. The minimum atomic E-state index is -0.955. The van der Waals surface area contributed by atoms with Gasteiger partial charge in [0, 0.05) is 44.6 Å². The van der Waals surface area contributed by atoms with Gasteiger partial charge in [0.15, 0.2) is 0 Å². The highest BCUT2D eigenvalue weighted by molar-refractivity contribution is 5.89. The second-order valence-corrected chi connectivity index (χ2v) is 11.8. The summed E-state index contributed by atoms with van der Waals surface area (Å²) in [6.07, 6.45) is -0.785. The van der Waals surface area contributed by atoms with Crippen LogP contribution < -0.4 is 21.7 Å². The van der Waals surface area contributed by atoms with E-state index >= 15 is 0 Å². The third-order valence-corrected chi connectivity index (χ3v) is 7.64. The number of amides is 4. The summed E-state index contributed by atoms with van der Waals surface area (Å²) in [6, 6.07) is 18.4. The lowest BCUT2D eigenvalue weighted by atomic mass is 9.98. The first-order chi connectivity index (χ1) is 20.9. The van der Waals surface area contributed by atoms with E-state index in [0.717, 1.165) is 27.8 Å². The van der Waals surface area contributed by atoms with Gasteiger partial charge < -0.3 is 36.8 Å². The number of carbonyl (C=O) groups excluding carboxylic acids is 3. The number of β-amino-alcohol motifs (C(OH)–C–C–N with tert-alkyl or cyclic N) is 1. The number of nitrogens with zero attached hydrogens (tertiary/aromatic N) is 1. The number of benzene rings is 3. The van der Waals surface area contributed by atoms with Crippen LogP contribution in [0.4, 0.5) is 9.18 Å². The molecule has 0 spiro atoms. The van der Waals surface area contributed by atoms with Crippen molar-refractivity contribution in [3.05, 3.63) is 94.8 Å². The smallest absolute Gasteiger partial charge is 0.312 e. The van der Waals surface area contributed by atoms with Crippen LogP contribution in [0.2, 0.25) is 0 Å². The highest BCUT2D eigenvalue weighted by atomic mass is 19.1. The first-order valence-electron chi connectivity index (χ1n) is 14.5. The van der Waals surface area contributed by atoms with Crippen molar-refractivity contribution in [2.45, 2.75) is 64.0 Å². The molecular weight excluding hydrogens is 565 g/mol. The summed E-state index contributed by atoms with van der Waals surface area (Å²) in [4.78, 5) is 39.8. The average Bonchev–Trinajstić information content (AvgIpc) is 3.10. The SMILES string of the molecule is CC(C)(CC(=O)N[C@@H]1Cc2cc(F)ccc2CN(Cc2ccc(-c3ccccc3CNC(N)=O)cc2)C1=O)NC[C@H](O)CO. The lowest BCUT2D eigenvalue weighted by Crippen LogP contribution is -2.51. The van der Waals surface area contributed by atoms with Gasteiger partial charge in [-0.2, -0.15) is 0 Å². The minimum absolute atomic E-state index is 0.0167. The third-order valence-electron chi connectivity index (χ3n) is 7.64. The number of nitrogens with two attached hydrogens (primary N) is 1. The number of urea groups is 1. The molecule has 10 nitrogen and oxygen atoms in total. The number of primary amides is 1. The summed E-state index contributed by atoms with van der Waals surface area (Å²) in [7, 11) is 0. The number of hydrogen-bond acceptors (Lipinski definition) is 6. The van der Waals surface area contributed by atoms with Gasteiger partial charge in [0.2, 0.25) is 11.8 Å². The van der Waals surface area contributed by atoms with Crippen molar-refractivity contribution in [3.8, 4) is 11.1 Å². The molecule has 0 unspecified atom stereocenters. The van der Waals surface area contributed by atoms with Crippen LogP contribution in [0.1, 0.15) is 42.5 Å². The Morgan fingerprint density at radius 3 is 2.52 bits per heavy atom. The predicted octanol–water partition coefficient (Wildman–Crippen LogP) is 2.34. The van der Waals surface area contributed by atoms with Crippen LogP contribution in [-0.4, -0.2) is 63.8 Å². The molecule has 0 fully saturated rings. The van der Waals surface area contributed by atoms with Crippen LogP contribution >= 0.6 is 0 Å². The minimum Gasteiger partial charge on any atom is -0.394 e. The maximum absolute atomic E-state index is 14.2. The molecule has 0 aromatic heterocycles. The molecule has 0 saturated carbocycles. The van der Waals surface area contributed by atoms with E-state index in [-0.39, 0.29) is 44.3 Å². The highest BCUT2D eigenvalue weighted by Crippen LogP contribution is 2.26. The average molecular weight is 606 g/mol. The highest BCUT2D eigenvalue weighted by Gasteiger charge is 2.32. The molecule has 0 bridgehead atoms. The Balaban J connectivity index is 1.51. The van der Waals surface area contributed by atoms with Crippen LogP contribution in [0.25, 0.3) is 11.1 Å². The molecule has 1 aliphatic heterocycles. The molecule has 7 N–H and O–H groups in total. The van der Waals surface area contributed by atoms with Crippen LogP contribution in [0.3, 0.4) is 0 Å². The molecular formula is C33H40FN5O5. The van der Waals surface area contributed by atoms with Gasteiger partial charge in [-0.15, -0.1) is 0 Å². The molecule has 0 aliphatic carbocycles. The van der Waals surface area contributed by atoms with Crippen molar-refractivity contribution >= 4 is 17.8 Å². The van der Waals surface area contributed by atoms with Crippen LogP contribution in [0, 0.1) is 5.82 Å². The van der Waals surface area contributed by atoms with E-state index in [1.54, 1.807) is 24.8 Å². The number of aliphatic hydroxyl groups is 2. The lowest BCUT2D eigenvalue weighted by Gasteiger charge is -2.29. The van der Waals surface area contributed by atoms with Gasteiger partial charge in [-0.1, -0.05) is 54.6 Å². The van der Waals surface area contributed by atoms with Crippen LogP contribution in [0.5, 0.6) is 0 Å². The Morgan fingerprint density at radius 2 is 1.82 bits per heavy atom. The molecule has 1 aliphatic rings. The zero-order valence-electron chi connectivity index (χ0n) is 25.0. The molecule has 0 radical (unpaired) electrons. The van der Waals surface area contributed by atoms with E-state index < -0.39 is 36.1 Å². The number of carbonyl (C=O) groups is 3. The summed E-state index contributed by atoms with van der Waals surface area (Å²) in [6.45, 7) is 4.12. The number of hydrogen-bond donors (Lipinski definition) is 6. The van der Waals surface area contributed by atoms with E-state index in [1.807, 2.05) is 48.5 Å². The Morgan fingerprint density at radius 1 is 1.09 bits per heavy atom. The molecule has 11 heteroatoms. The lowest BCUT2D eigenvalue weighted by molar-refractivity contribution is -0.137. The standard InChI is InChI=1S/C33H40FN5O5/c1-33(2,37-17-27(41)20-40)15-30(42)38-29-14-25-13-26(34)12-11-24(25)19-39(31(29)43)18-21-7-9-22(10-8-21)28-6-4-3-5-23(28)16-36-32(35)44/h3-13,27,29,37,40-41H,14-20H2,1-2H3,(H,38,42)(H3,35,36,44)/t27-,29+/m0/s1. The third kappa shape index (κ3) is 8.85.